The molecule has 2 heteroatoms. The number of carbonyl (C=O) groups excluding carboxylic acids is 1. The first-order valence-corrected chi connectivity index (χ1v) is 5.10. The van der Waals surface area contributed by atoms with Gasteiger partial charge in [0, 0.05) is 17.9 Å². The molecule has 3 aliphatic rings. The van der Waals surface area contributed by atoms with Crippen molar-refractivity contribution in [2.45, 2.75) is 44.6 Å². The van der Waals surface area contributed by atoms with E-state index in [1.54, 1.807) is 6.08 Å². The molecule has 1 atom stereocenters. The van der Waals surface area contributed by atoms with E-state index in [1.807, 2.05) is 6.92 Å². The molecule has 13 heavy (non-hydrogen) atoms. The lowest BCUT2D eigenvalue weighted by Crippen LogP contribution is -2.20. The van der Waals surface area contributed by atoms with Gasteiger partial charge >= 0.3 is 5.97 Å². The summed E-state index contributed by atoms with van der Waals surface area (Å²) in [6, 6.07) is 0. The van der Waals surface area contributed by atoms with E-state index in [0.29, 0.717) is 5.41 Å². The van der Waals surface area contributed by atoms with Gasteiger partial charge in [0.05, 0.1) is 0 Å². The first-order valence-electron chi connectivity index (χ1n) is 5.10. The summed E-state index contributed by atoms with van der Waals surface area (Å²) in [6.45, 7) is 2.04. The fourth-order valence-electron chi connectivity index (χ4n) is 3.34. The number of rotatable bonds is 0. The molecule has 70 valence electrons. The molecule has 0 saturated heterocycles. The number of carbonyl (C=O) groups is 1. The van der Waals surface area contributed by atoms with Gasteiger partial charge in [0.25, 0.3) is 0 Å². The monoisotopic (exact) mass is 178 g/mol. The zero-order valence-electron chi connectivity index (χ0n) is 7.93. The molecular weight excluding hydrogens is 164 g/mol. The van der Waals surface area contributed by atoms with Crippen LogP contribution in [0.5, 0.6) is 0 Å². The molecule has 1 heterocycles. The Bertz CT molecular complexity index is 310. The third-order valence-corrected chi connectivity index (χ3v) is 4.13. The van der Waals surface area contributed by atoms with E-state index < -0.39 is 0 Å². The van der Waals surface area contributed by atoms with Crippen molar-refractivity contribution >= 4 is 5.97 Å². The molecule has 0 N–H and O–H groups in total. The van der Waals surface area contributed by atoms with Crippen LogP contribution in [0.3, 0.4) is 0 Å². The minimum Gasteiger partial charge on any atom is -0.451 e. The van der Waals surface area contributed by atoms with E-state index in [9.17, 15) is 4.79 Å². The Kier molecular flexibility index (Phi) is 1.17. The fourth-order valence-corrected chi connectivity index (χ4v) is 3.34. The number of fused-ring (bicyclic) bond motifs is 1. The summed E-state index contributed by atoms with van der Waals surface area (Å²) in [5.41, 5.74) is 1.39. The van der Waals surface area contributed by atoms with Gasteiger partial charge in [-0.1, -0.05) is 12.8 Å². The molecule has 1 aliphatic heterocycles. The molecule has 0 radical (unpaired) electrons. The molecule has 0 aromatic carbocycles. The third-order valence-electron chi connectivity index (χ3n) is 4.13. The van der Waals surface area contributed by atoms with Crippen LogP contribution in [-0.2, 0) is 9.53 Å². The molecular formula is C11H14O2. The molecule has 2 fully saturated rings. The molecule has 0 aromatic heterocycles. The van der Waals surface area contributed by atoms with Crippen molar-refractivity contribution in [1.82, 2.24) is 0 Å². The van der Waals surface area contributed by atoms with E-state index in [1.165, 1.54) is 31.3 Å². The SMILES string of the molecule is CC1=CC(=O)OC12CC21CCCC1. The van der Waals surface area contributed by atoms with E-state index >= 15 is 0 Å². The van der Waals surface area contributed by atoms with Crippen molar-refractivity contribution in [2.75, 3.05) is 0 Å². The van der Waals surface area contributed by atoms with Crippen molar-refractivity contribution in [3.63, 3.8) is 0 Å². The lowest BCUT2D eigenvalue weighted by atomic mass is 9.96. The second-order valence-corrected chi connectivity index (χ2v) is 4.74. The Labute approximate surface area is 78.0 Å². The van der Waals surface area contributed by atoms with Gasteiger partial charge in [-0.05, 0) is 25.3 Å². The van der Waals surface area contributed by atoms with Crippen molar-refractivity contribution < 1.29 is 9.53 Å². The van der Waals surface area contributed by atoms with Crippen LogP contribution in [0.2, 0.25) is 0 Å². The van der Waals surface area contributed by atoms with E-state index in [-0.39, 0.29) is 11.6 Å². The van der Waals surface area contributed by atoms with Gasteiger partial charge in [0.2, 0.25) is 0 Å². The van der Waals surface area contributed by atoms with Gasteiger partial charge in [0.1, 0.15) is 5.60 Å². The highest BCUT2D eigenvalue weighted by Crippen LogP contribution is 2.71. The molecule has 2 aliphatic carbocycles. The topological polar surface area (TPSA) is 26.3 Å². The van der Waals surface area contributed by atoms with Crippen LogP contribution < -0.4 is 0 Å². The summed E-state index contributed by atoms with van der Waals surface area (Å²) in [4.78, 5) is 11.2. The van der Waals surface area contributed by atoms with Crippen molar-refractivity contribution in [2.24, 2.45) is 5.41 Å². The average Bonchev–Trinajstić information content (AvgIpc) is 2.43. The molecule has 3 rings (SSSR count). The van der Waals surface area contributed by atoms with Crippen molar-refractivity contribution in [3.8, 4) is 0 Å². The van der Waals surface area contributed by atoms with Crippen LogP contribution >= 0.6 is 0 Å². The van der Waals surface area contributed by atoms with Crippen LogP contribution in [-0.4, -0.2) is 11.6 Å². The molecule has 2 saturated carbocycles. The first-order chi connectivity index (χ1) is 6.19. The highest BCUT2D eigenvalue weighted by molar-refractivity contribution is 5.87. The second-order valence-electron chi connectivity index (χ2n) is 4.74. The number of hydrogen-bond donors (Lipinski definition) is 0. The summed E-state index contributed by atoms with van der Waals surface area (Å²) in [7, 11) is 0. The lowest BCUT2D eigenvalue weighted by Gasteiger charge is -2.17. The third kappa shape index (κ3) is 0.725. The average molecular weight is 178 g/mol. The van der Waals surface area contributed by atoms with Gasteiger partial charge < -0.3 is 4.74 Å². The van der Waals surface area contributed by atoms with Gasteiger partial charge in [0.15, 0.2) is 0 Å². The predicted molar refractivity (Wildman–Crippen MR) is 48.1 cm³/mol. The van der Waals surface area contributed by atoms with E-state index in [4.69, 9.17) is 4.74 Å². The summed E-state index contributed by atoms with van der Waals surface area (Å²) in [5, 5.41) is 0. The lowest BCUT2D eigenvalue weighted by molar-refractivity contribution is -0.141. The summed E-state index contributed by atoms with van der Waals surface area (Å²) < 4.78 is 5.48. The van der Waals surface area contributed by atoms with Crippen LogP contribution in [0.15, 0.2) is 11.6 Å². The number of hydrogen-bond acceptors (Lipinski definition) is 2. The summed E-state index contributed by atoms with van der Waals surface area (Å²) in [5.74, 6) is -0.124. The minimum atomic E-state index is -0.138. The van der Waals surface area contributed by atoms with Gasteiger partial charge in [-0.3, -0.25) is 0 Å². The summed E-state index contributed by atoms with van der Waals surface area (Å²) >= 11 is 0. The Balaban J connectivity index is 1.95. The maximum Gasteiger partial charge on any atom is 0.331 e. The smallest absolute Gasteiger partial charge is 0.331 e. The van der Waals surface area contributed by atoms with Gasteiger partial charge in [-0.15, -0.1) is 0 Å². The maximum absolute atomic E-state index is 11.2. The highest BCUT2D eigenvalue weighted by atomic mass is 16.6. The van der Waals surface area contributed by atoms with Crippen LogP contribution in [0.1, 0.15) is 39.0 Å². The second kappa shape index (κ2) is 1.99. The standard InChI is InChI=1S/C11H14O2/c1-8-6-9(12)13-11(8)7-10(11)4-2-3-5-10/h6H,2-5,7H2,1H3. The quantitative estimate of drug-likeness (QED) is 0.531. The highest BCUT2D eigenvalue weighted by Gasteiger charge is 2.73. The van der Waals surface area contributed by atoms with Gasteiger partial charge in [-0.2, -0.15) is 0 Å². The predicted octanol–water partition coefficient (Wildman–Crippen LogP) is 2.19. The normalized spacial score (nSPS) is 39.8. The Morgan fingerprint density at radius 2 is 2.08 bits per heavy atom. The Morgan fingerprint density at radius 3 is 2.62 bits per heavy atom. The number of ether oxygens (including phenoxy) is 1. The molecule has 2 nitrogen and oxygen atoms in total. The van der Waals surface area contributed by atoms with E-state index in [0.717, 1.165) is 6.42 Å². The molecule has 0 bridgehead atoms. The van der Waals surface area contributed by atoms with Crippen molar-refractivity contribution in [1.29, 1.82) is 0 Å². The Morgan fingerprint density at radius 1 is 1.38 bits per heavy atom. The maximum atomic E-state index is 11.2. The zero-order valence-corrected chi connectivity index (χ0v) is 7.93. The molecule has 1 unspecified atom stereocenters. The molecule has 0 aromatic rings. The summed E-state index contributed by atoms with van der Waals surface area (Å²) in [6.07, 6.45) is 7.90. The van der Waals surface area contributed by atoms with Crippen molar-refractivity contribution in [3.05, 3.63) is 11.6 Å². The molecule has 2 spiro atoms. The van der Waals surface area contributed by atoms with E-state index in [2.05, 4.69) is 0 Å². The fraction of sp³-hybridized carbons (Fsp3) is 0.727. The zero-order chi connectivity index (χ0) is 9.10. The largest absolute Gasteiger partial charge is 0.451 e. The van der Waals surface area contributed by atoms with Crippen LogP contribution in [0, 0.1) is 5.41 Å². The molecule has 0 amide bonds. The minimum absolute atomic E-state index is 0.124. The Hall–Kier alpha value is -0.790. The van der Waals surface area contributed by atoms with Crippen LogP contribution in [0.25, 0.3) is 0 Å². The van der Waals surface area contributed by atoms with Crippen LogP contribution in [0.4, 0.5) is 0 Å². The number of esters is 1. The van der Waals surface area contributed by atoms with Gasteiger partial charge in [-0.25, -0.2) is 4.79 Å². The first kappa shape index (κ1) is 7.60.